The molecule has 1 unspecified atom stereocenters. The summed E-state index contributed by atoms with van der Waals surface area (Å²) in [6, 6.07) is 10.9. The second-order valence-electron chi connectivity index (χ2n) is 6.26. The fourth-order valence-corrected chi connectivity index (χ4v) is 3.38. The van der Waals surface area contributed by atoms with Crippen LogP contribution in [0.3, 0.4) is 0 Å². The summed E-state index contributed by atoms with van der Waals surface area (Å²) in [6.45, 7) is 1.85. The average Bonchev–Trinajstić information content (AvgIpc) is 2.93. The summed E-state index contributed by atoms with van der Waals surface area (Å²) in [4.78, 5) is 23.8. The number of carbonyl (C=O) groups is 2. The second-order valence-corrected chi connectivity index (χ2v) is 8.27. The molecule has 8 heteroatoms. The van der Waals surface area contributed by atoms with E-state index < -0.39 is 15.9 Å². The van der Waals surface area contributed by atoms with Crippen molar-refractivity contribution in [2.45, 2.75) is 24.3 Å². The number of urea groups is 1. The van der Waals surface area contributed by atoms with Gasteiger partial charge < -0.3 is 16.0 Å². The Bertz CT molecular complexity index is 968. The molecule has 0 fully saturated rings. The van der Waals surface area contributed by atoms with Crippen molar-refractivity contribution in [3.63, 3.8) is 0 Å². The first-order valence-electron chi connectivity index (χ1n) is 8.03. The van der Waals surface area contributed by atoms with Gasteiger partial charge in [-0.25, -0.2) is 13.2 Å². The Hall–Kier alpha value is -2.87. The number of benzene rings is 2. The zero-order valence-electron chi connectivity index (χ0n) is 14.4. The molecule has 2 aromatic rings. The minimum atomic E-state index is -3.27. The molecule has 1 atom stereocenters. The normalized spacial score (nSPS) is 14.3. The van der Waals surface area contributed by atoms with Gasteiger partial charge in [0.1, 0.15) is 0 Å². The van der Waals surface area contributed by atoms with Gasteiger partial charge in [0, 0.05) is 17.6 Å². The summed E-state index contributed by atoms with van der Waals surface area (Å²) in [5, 5.41) is 8.26. The van der Waals surface area contributed by atoms with E-state index in [9.17, 15) is 18.0 Å². The molecular formula is C18H19N3O4S. The summed E-state index contributed by atoms with van der Waals surface area (Å²) >= 11 is 0. The van der Waals surface area contributed by atoms with Crippen molar-refractivity contribution in [2.75, 3.05) is 16.9 Å². The summed E-state index contributed by atoms with van der Waals surface area (Å²) in [5.74, 6) is -0.0342. The lowest BCUT2D eigenvalue weighted by Crippen LogP contribution is -2.31. The Morgan fingerprint density at radius 2 is 1.85 bits per heavy atom. The van der Waals surface area contributed by atoms with Crippen LogP contribution in [0.1, 0.15) is 24.1 Å². The zero-order chi connectivity index (χ0) is 18.9. The first kappa shape index (κ1) is 17.9. The lowest BCUT2D eigenvalue weighted by Gasteiger charge is -2.16. The number of nitrogens with one attached hydrogen (secondary N) is 3. The maximum atomic E-state index is 12.2. The molecule has 2 aromatic carbocycles. The fourth-order valence-electron chi connectivity index (χ4n) is 2.75. The third-order valence-corrected chi connectivity index (χ3v) is 5.27. The highest BCUT2D eigenvalue weighted by Gasteiger charge is 2.19. The van der Waals surface area contributed by atoms with Crippen molar-refractivity contribution in [3.05, 3.63) is 53.6 Å². The summed E-state index contributed by atoms with van der Waals surface area (Å²) in [7, 11) is -3.27. The van der Waals surface area contributed by atoms with E-state index in [1.54, 1.807) is 0 Å². The van der Waals surface area contributed by atoms with Gasteiger partial charge >= 0.3 is 6.03 Å². The van der Waals surface area contributed by atoms with Gasteiger partial charge in [-0.2, -0.15) is 0 Å². The highest BCUT2D eigenvalue weighted by molar-refractivity contribution is 7.90. The number of amides is 3. The van der Waals surface area contributed by atoms with Crippen LogP contribution in [-0.4, -0.2) is 26.6 Å². The molecular weight excluding hydrogens is 354 g/mol. The van der Waals surface area contributed by atoms with E-state index in [0.29, 0.717) is 12.1 Å². The molecule has 7 nitrogen and oxygen atoms in total. The van der Waals surface area contributed by atoms with Gasteiger partial charge in [0.15, 0.2) is 9.84 Å². The largest absolute Gasteiger partial charge is 0.331 e. The number of hydrogen-bond donors (Lipinski definition) is 3. The third kappa shape index (κ3) is 4.02. The zero-order valence-corrected chi connectivity index (χ0v) is 15.2. The van der Waals surface area contributed by atoms with Crippen molar-refractivity contribution in [3.8, 4) is 0 Å². The van der Waals surface area contributed by atoms with Crippen LogP contribution in [0, 0.1) is 0 Å². The smallest absolute Gasteiger partial charge is 0.319 e. The molecule has 0 aromatic heterocycles. The van der Waals surface area contributed by atoms with Crippen LogP contribution in [0.5, 0.6) is 0 Å². The van der Waals surface area contributed by atoms with Gasteiger partial charge in [0.2, 0.25) is 5.91 Å². The third-order valence-electron chi connectivity index (χ3n) is 4.14. The van der Waals surface area contributed by atoms with Crippen LogP contribution in [-0.2, 0) is 21.1 Å². The molecule has 0 bridgehead atoms. The van der Waals surface area contributed by atoms with Crippen LogP contribution >= 0.6 is 0 Å². The molecule has 3 rings (SSSR count). The topological polar surface area (TPSA) is 104 Å². The average molecular weight is 373 g/mol. The molecule has 1 aliphatic rings. The molecule has 0 saturated heterocycles. The lowest BCUT2D eigenvalue weighted by atomic mass is 10.0. The van der Waals surface area contributed by atoms with Crippen molar-refractivity contribution in [1.82, 2.24) is 5.32 Å². The minimum Gasteiger partial charge on any atom is -0.331 e. The predicted octanol–water partition coefficient (Wildman–Crippen LogP) is 2.47. The van der Waals surface area contributed by atoms with Crippen molar-refractivity contribution in [1.29, 1.82) is 0 Å². The highest BCUT2D eigenvalue weighted by Crippen LogP contribution is 2.26. The number of anilines is 2. The van der Waals surface area contributed by atoms with Crippen LogP contribution in [0.2, 0.25) is 0 Å². The Kier molecular flexibility index (Phi) is 4.69. The van der Waals surface area contributed by atoms with E-state index in [0.717, 1.165) is 23.1 Å². The Labute approximate surface area is 151 Å². The Balaban J connectivity index is 1.63. The number of hydrogen-bond acceptors (Lipinski definition) is 4. The molecule has 1 heterocycles. The van der Waals surface area contributed by atoms with Crippen LogP contribution < -0.4 is 16.0 Å². The fraction of sp³-hybridized carbons (Fsp3) is 0.222. The Morgan fingerprint density at radius 1 is 1.15 bits per heavy atom. The quantitative estimate of drug-likeness (QED) is 0.766. The van der Waals surface area contributed by atoms with Gasteiger partial charge in [-0.05, 0) is 48.4 Å². The number of sulfone groups is 1. The lowest BCUT2D eigenvalue weighted by molar-refractivity contribution is -0.115. The minimum absolute atomic E-state index is 0.0342. The molecule has 3 N–H and O–H groups in total. The maximum Gasteiger partial charge on any atom is 0.319 e. The molecule has 1 aliphatic heterocycles. The number of carbonyl (C=O) groups excluding carboxylic acids is 2. The maximum absolute atomic E-state index is 12.2. The number of rotatable bonds is 4. The van der Waals surface area contributed by atoms with E-state index in [-0.39, 0.29) is 16.8 Å². The van der Waals surface area contributed by atoms with Crippen molar-refractivity contribution in [2.24, 2.45) is 0 Å². The van der Waals surface area contributed by atoms with Crippen LogP contribution in [0.15, 0.2) is 47.4 Å². The summed E-state index contributed by atoms with van der Waals surface area (Å²) in [6.07, 6.45) is 1.47. The highest BCUT2D eigenvalue weighted by atomic mass is 32.2. The van der Waals surface area contributed by atoms with Gasteiger partial charge in [0.05, 0.1) is 17.4 Å². The Morgan fingerprint density at radius 3 is 2.50 bits per heavy atom. The first-order chi connectivity index (χ1) is 12.2. The van der Waals surface area contributed by atoms with E-state index >= 15 is 0 Å². The molecule has 3 amide bonds. The molecule has 0 saturated carbocycles. The van der Waals surface area contributed by atoms with Crippen molar-refractivity contribution >= 4 is 33.2 Å². The van der Waals surface area contributed by atoms with Gasteiger partial charge in [-0.1, -0.05) is 12.1 Å². The van der Waals surface area contributed by atoms with E-state index in [1.807, 2.05) is 25.1 Å². The summed E-state index contributed by atoms with van der Waals surface area (Å²) in [5.41, 5.74) is 3.10. The summed E-state index contributed by atoms with van der Waals surface area (Å²) < 4.78 is 22.9. The molecule has 0 radical (unpaired) electrons. The monoisotopic (exact) mass is 373 g/mol. The second kappa shape index (κ2) is 6.80. The predicted molar refractivity (Wildman–Crippen MR) is 98.9 cm³/mol. The first-order valence-corrected chi connectivity index (χ1v) is 9.92. The SMILES string of the molecule is CC(NC(=O)Nc1ccc(S(C)(=O)=O)cc1)c1ccc2c(c1)CC(=O)N2. The molecule has 26 heavy (non-hydrogen) atoms. The van der Waals surface area contributed by atoms with Gasteiger partial charge in [0.25, 0.3) is 0 Å². The molecule has 136 valence electrons. The number of fused-ring (bicyclic) bond motifs is 1. The van der Waals surface area contributed by atoms with E-state index in [1.165, 1.54) is 24.3 Å². The van der Waals surface area contributed by atoms with Gasteiger partial charge in [-0.15, -0.1) is 0 Å². The molecule has 0 aliphatic carbocycles. The van der Waals surface area contributed by atoms with E-state index in [4.69, 9.17) is 0 Å². The van der Waals surface area contributed by atoms with Crippen molar-refractivity contribution < 1.29 is 18.0 Å². The van der Waals surface area contributed by atoms with E-state index in [2.05, 4.69) is 16.0 Å². The van der Waals surface area contributed by atoms with Gasteiger partial charge in [-0.3, -0.25) is 4.79 Å². The standard InChI is InChI=1S/C18H19N3O4S/c1-11(12-3-8-16-13(9-12)10-17(22)21-16)19-18(23)20-14-4-6-15(7-5-14)26(2,24)25/h3-9,11H,10H2,1-2H3,(H,21,22)(H2,19,20,23). The van der Waals surface area contributed by atoms with Crippen LogP contribution in [0.4, 0.5) is 16.2 Å². The molecule has 0 spiro atoms. The van der Waals surface area contributed by atoms with Crippen LogP contribution in [0.25, 0.3) is 0 Å².